The molecule has 2 aromatic heterocycles. The van der Waals surface area contributed by atoms with E-state index in [1.165, 1.54) is 12.1 Å². The third kappa shape index (κ3) is 5.86. The summed E-state index contributed by atoms with van der Waals surface area (Å²) in [4.78, 5) is 26.2. The van der Waals surface area contributed by atoms with E-state index in [0.29, 0.717) is 17.7 Å². The molecule has 1 aromatic carbocycles. The number of nitrogens with one attached hydrogen (secondary N) is 1. The molecule has 1 saturated heterocycles. The Labute approximate surface area is 189 Å². The Hall–Kier alpha value is -3.02. The Morgan fingerprint density at radius 3 is 2.58 bits per heavy atom. The van der Waals surface area contributed by atoms with Crippen molar-refractivity contribution in [1.29, 1.82) is 0 Å². The lowest BCUT2D eigenvalue weighted by molar-refractivity contribution is -0.137. The fraction of sp³-hybridized carbons (Fsp3) is 0.409. The molecule has 0 saturated carbocycles. The summed E-state index contributed by atoms with van der Waals surface area (Å²) in [5.74, 6) is -0.369. The Morgan fingerprint density at radius 1 is 1.09 bits per heavy atom. The fourth-order valence-electron chi connectivity index (χ4n) is 3.80. The molecule has 1 aliphatic rings. The first kappa shape index (κ1) is 24.6. The van der Waals surface area contributed by atoms with Gasteiger partial charge in [0.05, 0.1) is 5.56 Å². The molecule has 4 rings (SSSR count). The van der Waals surface area contributed by atoms with Crippen molar-refractivity contribution in [2.45, 2.75) is 19.1 Å². The number of aryl methyl sites for hydroxylation is 1. The molecule has 11 heteroatoms. The number of amides is 1. The summed E-state index contributed by atoms with van der Waals surface area (Å²) in [5.41, 5.74) is 0.299. The number of piperazine rings is 1. The lowest BCUT2D eigenvalue weighted by Crippen LogP contribution is -2.44. The quantitative estimate of drug-likeness (QED) is 0.605. The zero-order chi connectivity index (χ0) is 22.7. The maximum atomic E-state index is 13.0. The van der Waals surface area contributed by atoms with Crippen molar-refractivity contribution in [1.82, 2.24) is 24.3 Å². The van der Waals surface area contributed by atoms with E-state index < -0.39 is 17.6 Å². The van der Waals surface area contributed by atoms with Crippen LogP contribution in [0, 0.1) is 0 Å². The average Bonchev–Trinajstić information content (AvgIpc) is 3.11. The number of hydrogen-bond acceptors (Lipinski definition) is 5. The van der Waals surface area contributed by atoms with Gasteiger partial charge in [-0.05, 0) is 50.3 Å². The number of rotatable bonds is 6. The molecule has 0 radical (unpaired) electrons. The lowest BCUT2D eigenvalue weighted by Gasteiger charge is -2.32. The van der Waals surface area contributed by atoms with Crippen LogP contribution in [0.15, 0.2) is 42.6 Å². The van der Waals surface area contributed by atoms with Crippen LogP contribution < -0.4 is 5.32 Å². The average molecular weight is 464 g/mol. The minimum absolute atomic E-state index is 0. The number of anilines is 1. The number of imidazole rings is 1. The van der Waals surface area contributed by atoms with E-state index in [0.717, 1.165) is 51.3 Å². The number of nitrogens with zero attached hydrogens (tertiary/aromatic N) is 5. The topological polar surface area (TPSA) is 97.8 Å². The molecule has 1 fully saturated rings. The number of benzene rings is 1. The Balaban J connectivity index is 0.00000306. The number of fused-ring (bicyclic) bond motifs is 1. The number of carbonyl (C=O) groups is 1. The van der Waals surface area contributed by atoms with Crippen LogP contribution in [0.4, 0.5) is 19.1 Å². The molecule has 3 aromatic rings. The van der Waals surface area contributed by atoms with Crippen LogP contribution in [0.2, 0.25) is 0 Å². The van der Waals surface area contributed by atoms with Crippen LogP contribution in [0.3, 0.4) is 0 Å². The highest BCUT2D eigenvalue weighted by Gasteiger charge is 2.31. The summed E-state index contributed by atoms with van der Waals surface area (Å²) < 4.78 is 40.9. The van der Waals surface area contributed by atoms with Gasteiger partial charge in [-0.2, -0.15) is 13.2 Å². The number of halogens is 3. The third-order valence-electron chi connectivity index (χ3n) is 5.63. The SMILES string of the molecule is CN1CCN(CCCn2c(NC(=O)c3cccc(C(F)(F)F)c3)nc3cccnc32)CC1.O. The summed E-state index contributed by atoms with van der Waals surface area (Å²) in [5, 5.41) is 2.67. The number of hydrogen-bond donors (Lipinski definition) is 1. The van der Waals surface area contributed by atoms with Crippen molar-refractivity contribution in [2.75, 3.05) is 45.1 Å². The Bertz CT molecular complexity index is 1090. The number of alkyl halides is 3. The maximum absolute atomic E-state index is 13.0. The van der Waals surface area contributed by atoms with E-state index in [9.17, 15) is 18.0 Å². The predicted octanol–water partition coefficient (Wildman–Crippen LogP) is 2.52. The van der Waals surface area contributed by atoms with Crippen LogP contribution in [0.25, 0.3) is 11.2 Å². The molecule has 8 nitrogen and oxygen atoms in total. The van der Waals surface area contributed by atoms with Gasteiger partial charge in [0, 0.05) is 44.5 Å². The van der Waals surface area contributed by atoms with Crippen LogP contribution in [-0.4, -0.2) is 75.5 Å². The standard InChI is InChI=1S/C22H25F3N6O.H2O/c1-29-11-13-30(14-12-29)9-4-10-31-19-18(7-3-8-26-19)27-21(31)28-20(32)16-5-2-6-17(15-16)22(23,24)25;/h2-3,5-8,15H,4,9-14H2,1H3,(H,27,28,32);1H2. The lowest BCUT2D eigenvalue weighted by atomic mass is 10.1. The van der Waals surface area contributed by atoms with E-state index in [-0.39, 0.29) is 17.0 Å². The van der Waals surface area contributed by atoms with Gasteiger partial charge < -0.3 is 15.3 Å². The van der Waals surface area contributed by atoms with E-state index in [1.54, 1.807) is 18.3 Å². The fourth-order valence-corrected chi connectivity index (χ4v) is 3.80. The van der Waals surface area contributed by atoms with Gasteiger partial charge in [0.25, 0.3) is 5.91 Å². The Kier molecular flexibility index (Phi) is 7.67. The van der Waals surface area contributed by atoms with E-state index in [4.69, 9.17) is 0 Å². The second-order valence-electron chi connectivity index (χ2n) is 7.96. The van der Waals surface area contributed by atoms with Gasteiger partial charge in [0.2, 0.25) is 5.95 Å². The summed E-state index contributed by atoms with van der Waals surface area (Å²) >= 11 is 0. The van der Waals surface area contributed by atoms with E-state index in [2.05, 4.69) is 32.1 Å². The molecular formula is C22H27F3N6O2. The second-order valence-corrected chi connectivity index (χ2v) is 7.96. The van der Waals surface area contributed by atoms with Gasteiger partial charge in [-0.3, -0.25) is 14.7 Å². The van der Waals surface area contributed by atoms with Crippen LogP contribution in [0.1, 0.15) is 22.3 Å². The van der Waals surface area contributed by atoms with Crippen LogP contribution >= 0.6 is 0 Å². The smallest absolute Gasteiger partial charge is 0.412 e. The predicted molar refractivity (Wildman–Crippen MR) is 119 cm³/mol. The van der Waals surface area contributed by atoms with Crippen molar-refractivity contribution in [3.63, 3.8) is 0 Å². The first-order chi connectivity index (χ1) is 15.3. The van der Waals surface area contributed by atoms with E-state index >= 15 is 0 Å². The van der Waals surface area contributed by atoms with Crippen molar-refractivity contribution < 1.29 is 23.4 Å². The number of pyridine rings is 1. The molecule has 0 atom stereocenters. The molecule has 0 spiro atoms. The normalized spacial score (nSPS) is 15.4. The van der Waals surface area contributed by atoms with Crippen molar-refractivity contribution in [3.8, 4) is 0 Å². The number of carbonyl (C=O) groups excluding carboxylic acids is 1. The Morgan fingerprint density at radius 2 is 1.85 bits per heavy atom. The highest BCUT2D eigenvalue weighted by atomic mass is 19.4. The monoisotopic (exact) mass is 464 g/mol. The van der Waals surface area contributed by atoms with Crippen molar-refractivity contribution in [3.05, 3.63) is 53.7 Å². The molecule has 1 amide bonds. The first-order valence-electron chi connectivity index (χ1n) is 10.5. The minimum atomic E-state index is -4.52. The number of likely N-dealkylation sites (N-methyl/N-ethyl adjacent to an activating group) is 1. The molecule has 3 heterocycles. The summed E-state index contributed by atoms with van der Waals surface area (Å²) in [6.07, 6.45) is -2.03. The van der Waals surface area contributed by atoms with Gasteiger partial charge in [-0.15, -0.1) is 0 Å². The van der Waals surface area contributed by atoms with Gasteiger partial charge in [0.1, 0.15) is 5.52 Å². The second kappa shape index (κ2) is 10.3. The highest BCUT2D eigenvalue weighted by Crippen LogP contribution is 2.29. The van der Waals surface area contributed by atoms with Gasteiger partial charge in [-0.1, -0.05) is 6.07 Å². The molecule has 3 N–H and O–H groups in total. The summed E-state index contributed by atoms with van der Waals surface area (Å²) in [6.45, 7) is 5.58. The van der Waals surface area contributed by atoms with Gasteiger partial charge >= 0.3 is 6.18 Å². The maximum Gasteiger partial charge on any atom is 0.416 e. The van der Waals surface area contributed by atoms with Crippen molar-refractivity contribution >= 4 is 23.0 Å². The molecule has 178 valence electrons. The molecule has 1 aliphatic heterocycles. The number of aromatic nitrogens is 3. The summed E-state index contributed by atoms with van der Waals surface area (Å²) in [7, 11) is 2.11. The zero-order valence-electron chi connectivity index (χ0n) is 18.3. The third-order valence-corrected chi connectivity index (χ3v) is 5.63. The van der Waals surface area contributed by atoms with Crippen LogP contribution in [0.5, 0.6) is 0 Å². The van der Waals surface area contributed by atoms with Crippen LogP contribution in [-0.2, 0) is 12.7 Å². The molecule has 33 heavy (non-hydrogen) atoms. The van der Waals surface area contributed by atoms with Crippen molar-refractivity contribution in [2.24, 2.45) is 0 Å². The minimum Gasteiger partial charge on any atom is -0.412 e. The van der Waals surface area contributed by atoms with E-state index in [1.807, 2.05) is 4.57 Å². The largest absolute Gasteiger partial charge is 0.416 e. The zero-order valence-corrected chi connectivity index (χ0v) is 18.3. The highest BCUT2D eigenvalue weighted by molar-refractivity contribution is 6.04. The molecule has 0 bridgehead atoms. The van der Waals surface area contributed by atoms with Gasteiger partial charge in [-0.25, -0.2) is 9.97 Å². The van der Waals surface area contributed by atoms with Gasteiger partial charge in [0.15, 0.2) is 5.65 Å². The summed E-state index contributed by atoms with van der Waals surface area (Å²) in [6, 6.07) is 7.89. The molecule has 0 unspecified atom stereocenters. The first-order valence-corrected chi connectivity index (χ1v) is 10.5. The molecular weight excluding hydrogens is 437 g/mol. The molecule has 0 aliphatic carbocycles.